The molecular formula is C12H17FN2O2. The highest BCUT2D eigenvalue weighted by Crippen LogP contribution is 2.23. The van der Waals surface area contributed by atoms with E-state index in [0.29, 0.717) is 25.2 Å². The Labute approximate surface area is 100 Å². The predicted molar refractivity (Wildman–Crippen MR) is 60.9 cm³/mol. The maximum absolute atomic E-state index is 13.7. The van der Waals surface area contributed by atoms with E-state index in [2.05, 4.69) is 10.3 Å². The molecule has 1 aromatic heterocycles. The molecule has 0 aliphatic carbocycles. The van der Waals surface area contributed by atoms with Crippen molar-refractivity contribution in [3.8, 4) is 0 Å². The van der Waals surface area contributed by atoms with E-state index in [-0.39, 0.29) is 18.1 Å². The Balaban J connectivity index is 2.08. The maximum Gasteiger partial charge on any atom is 0.159 e. The van der Waals surface area contributed by atoms with Crippen LogP contribution in [0, 0.1) is 5.82 Å². The summed E-state index contributed by atoms with van der Waals surface area (Å²) < 4.78 is 24.4. The summed E-state index contributed by atoms with van der Waals surface area (Å²) >= 11 is 0. The molecule has 1 fully saturated rings. The summed E-state index contributed by atoms with van der Waals surface area (Å²) in [6, 6.07) is 1.59. The van der Waals surface area contributed by atoms with Gasteiger partial charge in [-0.2, -0.15) is 0 Å². The van der Waals surface area contributed by atoms with Crippen LogP contribution >= 0.6 is 0 Å². The van der Waals surface area contributed by atoms with Crippen molar-refractivity contribution < 1.29 is 13.9 Å². The van der Waals surface area contributed by atoms with Crippen molar-refractivity contribution in [2.24, 2.45) is 0 Å². The lowest BCUT2D eigenvalue weighted by Crippen LogP contribution is -2.26. The van der Waals surface area contributed by atoms with Crippen LogP contribution in [0.15, 0.2) is 18.5 Å². The molecule has 0 radical (unpaired) electrons. The first-order chi connectivity index (χ1) is 8.31. The molecule has 0 saturated carbocycles. The number of pyridine rings is 1. The number of hydrogen-bond acceptors (Lipinski definition) is 4. The van der Waals surface area contributed by atoms with Gasteiger partial charge >= 0.3 is 0 Å². The van der Waals surface area contributed by atoms with Crippen LogP contribution in [0.4, 0.5) is 4.39 Å². The van der Waals surface area contributed by atoms with Crippen molar-refractivity contribution in [3.05, 3.63) is 29.8 Å². The first-order valence-corrected chi connectivity index (χ1v) is 5.87. The Bertz CT molecular complexity index is 356. The molecule has 0 aromatic carbocycles. The van der Waals surface area contributed by atoms with E-state index in [1.165, 1.54) is 6.20 Å². The molecule has 0 spiro atoms. The second kappa shape index (κ2) is 6.05. The van der Waals surface area contributed by atoms with Crippen molar-refractivity contribution >= 4 is 0 Å². The number of rotatable bonds is 5. The second-order valence-electron chi connectivity index (χ2n) is 3.91. The number of nitrogens with one attached hydrogen (secondary N) is 1. The molecule has 2 rings (SSSR count). The molecule has 2 heterocycles. The van der Waals surface area contributed by atoms with E-state index in [1.807, 2.05) is 6.92 Å². The number of ether oxygens (including phenoxy) is 2. The van der Waals surface area contributed by atoms with E-state index in [9.17, 15) is 4.39 Å². The van der Waals surface area contributed by atoms with Gasteiger partial charge in [-0.3, -0.25) is 4.98 Å². The van der Waals surface area contributed by atoms with Gasteiger partial charge < -0.3 is 14.8 Å². The molecule has 1 aliphatic heterocycles. The normalized spacial score (nSPS) is 18.5. The van der Waals surface area contributed by atoms with Crippen LogP contribution in [0.2, 0.25) is 0 Å². The zero-order chi connectivity index (χ0) is 12.1. The summed E-state index contributed by atoms with van der Waals surface area (Å²) in [5.74, 6) is -0.295. The minimum absolute atomic E-state index is 0.105. The smallest absolute Gasteiger partial charge is 0.159 e. The Morgan fingerprint density at radius 2 is 2.29 bits per heavy atom. The lowest BCUT2D eigenvalue weighted by molar-refractivity contribution is -0.0531. The average molecular weight is 240 g/mol. The van der Waals surface area contributed by atoms with E-state index in [1.54, 1.807) is 12.3 Å². The maximum atomic E-state index is 13.7. The molecule has 1 unspecified atom stereocenters. The van der Waals surface area contributed by atoms with Crippen LogP contribution in [0.3, 0.4) is 0 Å². The van der Waals surface area contributed by atoms with Gasteiger partial charge in [0.05, 0.1) is 19.4 Å². The van der Waals surface area contributed by atoms with Crippen molar-refractivity contribution in [2.75, 3.05) is 19.8 Å². The van der Waals surface area contributed by atoms with Gasteiger partial charge in [-0.1, -0.05) is 6.92 Å². The summed E-state index contributed by atoms with van der Waals surface area (Å²) in [6.45, 7) is 3.98. The minimum atomic E-state index is -0.295. The monoisotopic (exact) mass is 240 g/mol. The number of halogens is 1. The molecule has 1 N–H and O–H groups in total. The lowest BCUT2D eigenvalue weighted by Gasteiger charge is -2.21. The summed E-state index contributed by atoms with van der Waals surface area (Å²) in [4.78, 5) is 3.75. The van der Waals surface area contributed by atoms with Gasteiger partial charge in [0.2, 0.25) is 0 Å². The highest BCUT2D eigenvalue weighted by Gasteiger charge is 2.23. The third-order valence-electron chi connectivity index (χ3n) is 2.75. The molecule has 17 heavy (non-hydrogen) atoms. The molecule has 4 nitrogen and oxygen atoms in total. The van der Waals surface area contributed by atoms with Gasteiger partial charge in [0, 0.05) is 24.2 Å². The molecule has 1 saturated heterocycles. The largest absolute Gasteiger partial charge is 0.350 e. The third kappa shape index (κ3) is 3.21. The Hall–Kier alpha value is -1.04. The second-order valence-corrected chi connectivity index (χ2v) is 3.91. The van der Waals surface area contributed by atoms with E-state index >= 15 is 0 Å². The number of nitrogens with zero attached hydrogens (tertiary/aromatic N) is 1. The van der Waals surface area contributed by atoms with E-state index in [4.69, 9.17) is 9.47 Å². The predicted octanol–water partition coefficient (Wildman–Crippen LogP) is 1.63. The fraction of sp³-hybridized carbons (Fsp3) is 0.583. The zero-order valence-electron chi connectivity index (χ0n) is 9.86. The van der Waals surface area contributed by atoms with Crippen molar-refractivity contribution in [3.63, 3.8) is 0 Å². The molecular weight excluding hydrogens is 223 g/mol. The quantitative estimate of drug-likeness (QED) is 0.849. The molecule has 0 amide bonds. The summed E-state index contributed by atoms with van der Waals surface area (Å²) in [5.41, 5.74) is 0.612. The number of hydrogen-bond donors (Lipinski definition) is 1. The van der Waals surface area contributed by atoms with Crippen LogP contribution < -0.4 is 5.32 Å². The van der Waals surface area contributed by atoms with Crippen molar-refractivity contribution in [2.45, 2.75) is 25.7 Å². The first kappa shape index (κ1) is 12.4. The van der Waals surface area contributed by atoms with Crippen LogP contribution in [-0.2, 0) is 9.47 Å². The third-order valence-corrected chi connectivity index (χ3v) is 2.75. The van der Waals surface area contributed by atoms with Crippen molar-refractivity contribution in [1.29, 1.82) is 0 Å². The summed E-state index contributed by atoms with van der Waals surface area (Å²) in [7, 11) is 0. The van der Waals surface area contributed by atoms with Crippen LogP contribution in [0.25, 0.3) is 0 Å². The van der Waals surface area contributed by atoms with Crippen LogP contribution in [-0.4, -0.2) is 31.0 Å². The van der Waals surface area contributed by atoms with Gasteiger partial charge in [-0.15, -0.1) is 0 Å². The van der Waals surface area contributed by atoms with Gasteiger partial charge in [-0.05, 0) is 12.6 Å². The molecule has 1 aromatic rings. The molecule has 0 bridgehead atoms. The molecule has 5 heteroatoms. The molecule has 1 atom stereocenters. The molecule has 94 valence electrons. The van der Waals surface area contributed by atoms with E-state index < -0.39 is 0 Å². The summed E-state index contributed by atoms with van der Waals surface area (Å²) in [5, 5.41) is 3.24. The Kier molecular flexibility index (Phi) is 4.42. The van der Waals surface area contributed by atoms with E-state index in [0.717, 1.165) is 6.54 Å². The van der Waals surface area contributed by atoms with Gasteiger partial charge in [-0.25, -0.2) is 4.39 Å². The zero-order valence-corrected chi connectivity index (χ0v) is 9.86. The summed E-state index contributed by atoms with van der Waals surface area (Å²) in [6.07, 6.45) is 3.19. The highest BCUT2D eigenvalue weighted by atomic mass is 19.1. The van der Waals surface area contributed by atoms with Gasteiger partial charge in [0.25, 0.3) is 0 Å². The molecule has 1 aliphatic rings. The topological polar surface area (TPSA) is 43.4 Å². The standard InChI is InChI=1S/C12H17FN2O2/c1-2-15-11(7-12-16-5-6-17-12)9-3-4-14-8-10(9)13/h3-4,8,11-12,15H,2,5-7H2,1H3. The highest BCUT2D eigenvalue weighted by molar-refractivity contribution is 5.17. The first-order valence-electron chi connectivity index (χ1n) is 5.87. The average Bonchev–Trinajstić information content (AvgIpc) is 2.82. The van der Waals surface area contributed by atoms with Gasteiger partial charge in [0.1, 0.15) is 5.82 Å². The fourth-order valence-corrected chi connectivity index (χ4v) is 1.97. The fourth-order valence-electron chi connectivity index (χ4n) is 1.97. The number of aromatic nitrogens is 1. The minimum Gasteiger partial charge on any atom is -0.350 e. The van der Waals surface area contributed by atoms with Gasteiger partial charge in [0.15, 0.2) is 6.29 Å². The SMILES string of the molecule is CCNC(CC1OCCO1)c1ccncc1F. The Morgan fingerprint density at radius 1 is 1.53 bits per heavy atom. The van der Waals surface area contributed by atoms with Crippen molar-refractivity contribution in [1.82, 2.24) is 10.3 Å². The van der Waals surface area contributed by atoms with Crippen LogP contribution in [0.1, 0.15) is 24.9 Å². The Morgan fingerprint density at radius 3 is 2.94 bits per heavy atom. The lowest BCUT2D eigenvalue weighted by atomic mass is 10.0. The van der Waals surface area contributed by atoms with Crippen LogP contribution in [0.5, 0.6) is 0 Å².